The van der Waals surface area contributed by atoms with Crippen molar-refractivity contribution in [2.24, 2.45) is 23.7 Å². The van der Waals surface area contributed by atoms with E-state index in [9.17, 15) is 4.79 Å². The van der Waals surface area contributed by atoms with Gasteiger partial charge in [-0.2, -0.15) is 0 Å². The van der Waals surface area contributed by atoms with Crippen LogP contribution >= 0.6 is 0 Å². The summed E-state index contributed by atoms with van der Waals surface area (Å²) < 4.78 is 0. The highest BCUT2D eigenvalue weighted by atomic mass is 16.1. The molecule has 1 nitrogen and oxygen atoms in total. The fourth-order valence-corrected chi connectivity index (χ4v) is 2.33. The highest BCUT2D eigenvalue weighted by Gasteiger charge is 2.41. The van der Waals surface area contributed by atoms with E-state index < -0.39 is 0 Å². The van der Waals surface area contributed by atoms with Gasteiger partial charge < -0.3 is 4.79 Å². The number of allylic oxidation sites excluding steroid dienone is 2. The third kappa shape index (κ3) is 0.606. The van der Waals surface area contributed by atoms with Crippen LogP contribution in [0.4, 0.5) is 0 Å². The Morgan fingerprint density at radius 3 is 2.50 bits per heavy atom. The topological polar surface area (TPSA) is 17.1 Å². The molecule has 1 heteroatoms. The van der Waals surface area contributed by atoms with Crippen LogP contribution in [0.5, 0.6) is 0 Å². The number of rotatable bonds is 1. The zero-order valence-corrected chi connectivity index (χ0v) is 6.16. The van der Waals surface area contributed by atoms with Gasteiger partial charge in [0.2, 0.25) is 0 Å². The molecule has 0 aromatic rings. The van der Waals surface area contributed by atoms with Crippen molar-refractivity contribution >= 4 is 6.29 Å². The molecule has 10 heavy (non-hydrogen) atoms. The van der Waals surface area contributed by atoms with Gasteiger partial charge in [-0.05, 0) is 24.2 Å². The molecule has 2 rings (SSSR count). The van der Waals surface area contributed by atoms with Gasteiger partial charge in [-0.3, -0.25) is 0 Å². The predicted octanol–water partition coefficient (Wildman–Crippen LogP) is 1.64. The van der Waals surface area contributed by atoms with Crippen LogP contribution in [-0.2, 0) is 4.79 Å². The van der Waals surface area contributed by atoms with Gasteiger partial charge in [0.1, 0.15) is 6.29 Å². The van der Waals surface area contributed by atoms with E-state index in [-0.39, 0.29) is 0 Å². The Hall–Kier alpha value is -0.590. The molecule has 0 aliphatic heterocycles. The summed E-state index contributed by atoms with van der Waals surface area (Å²) in [6.45, 7) is 2.19. The number of hydrogen-bond acceptors (Lipinski definition) is 1. The second-order valence-electron chi connectivity index (χ2n) is 3.52. The molecular weight excluding hydrogens is 124 g/mol. The van der Waals surface area contributed by atoms with Gasteiger partial charge in [-0.1, -0.05) is 19.1 Å². The Kier molecular flexibility index (Phi) is 1.19. The lowest BCUT2D eigenvalue weighted by Gasteiger charge is -2.18. The Bertz CT molecular complexity index is 183. The van der Waals surface area contributed by atoms with Gasteiger partial charge >= 0.3 is 0 Å². The lowest BCUT2D eigenvalue weighted by Crippen LogP contribution is -2.17. The highest BCUT2D eigenvalue weighted by Crippen LogP contribution is 2.46. The summed E-state index contributed by atoms with van der Waals surface area (Å²) in [5.41, 5.74) is 0. The van der Waals surface area contributed by atoms with Gasteiger partial charge in [0, 0.05) is 5.92 Å². The average Bonchev–Trinajstić information content (AvgIpc) is 2.46. The Balaban J connectivity index is 2.25. The van der Waals surface area contributed by atoms with Crippen LogP contribution in [0.25, 0.3) is 0 Å². The molecule has 0 amide bonds. The SMILES string of the molecule is C[C@H]1[C@@H](C=O)[C@H]2C=C[C@@H]1C2. The highest BCUT2D eigenvalue weighted by molar-refractivity contribution is 5.57. The van der Waals surface area contributed by atoms with E-state index in [2.05, 4.69) is 19.1 Å². The first-order valence-corrected chi connectivity index (χ1v) is 3.96. The van der Waals surface area contributed by atoms with Crippen LogP contribution in [0.2, 0.25) is 0 Å². The zero-order valence-electron chi connectivity index (χ0n) is 6.16. The molecule has 2 aliphatic carbocycles. The summed E-state index contributed by atoms with van der Waals surface area (Å²) in [6, 6.07) is 0. The Morgan fingerprint density at radius 1 is 1.40 bits per heavy atom. The van der Waals surface area contributed by atoms with Gasteiger partial charge in [0.25, 0.3) is 0 Å². The number of carbonyl (C=O) groups is 1. The number of fused-ring (bicyclic) bond motifs is 2. The molecule has 0 saturated heterocycles. The number of hydrogen-bond donors (Lipinski definition) is 0. The van der Waals surface area contributed by atoms with Crippen LogP contribution < -0.4 is 0 Å². The Labute approximate surface area is 61.1 Å². The summed E-state index contributed by atoms with van der Waals surface area (Å²) in [5, 5.41) is 0. The lowest BCUT2D eigenvalue weighted by atomic mass is 9.86. The average molecular weight is 136 g/mol. The molecule has 0 aromatic carbocycles. The van der Waals surface area contributed by atoms with Gasteiger partial charge in [0.05, 0.1) is 0 Å². The fourth-order valence-electron chi connectivity index (χ4n) is 2.33. The summed E-state index contributed by atoms with van der Waals surface area (Å²) >= 11 is 0. The third-order valence-corrected chi connectivity index (χ3v) is 3.08. The second kappa shape index (κ2) is 1.94. The summed E-state index contributed by atoms with van der Waals surface area (Å²) in [6.07, 6.45) is 6.85. The van der Waals surface area contributed by atoms with Crippen LogP contribution in [0.1, 0.15) is 13.3 Å². The maximum absolute atomic E-state index is 10.6. The normalized spacial score (nSPS) is 50.1. The third-order valence-electron chi connectivity index (χ3n) is 3.08. The summed E-state index contributed by atoms with van der Waals surface area (Å²) in [7, 11) is 0. The molecular formula is C9H12O. The monoisotopic (exact) mass is 136 g/mol. The Morgan fingerprint density at radius 2 is 2.10 bits per heavy atom. The molecule has 0 spiro atoms. The van der Waals surface area contributed by atoms with Gasteiger partial charge in [-0.25, -0.2) is 0 Å². The maximum Gasteiger partial charge on any atom is 0.123 e. The first kappa shape index (κ1) is 6.14. The minimum Gasteiger partial charge on any atom is -0.303 e. The largest absolute Gasteiger partial charge is 0.303 e. The molecule has 0 radical (unpaired) electrons. The van der Waals surface area contributed by atoms with Crippen molar-refractivity contribution < 1.29 is 4.79 Å². The molecule has 2 aliphatic rings. The number of aldehydes is 1. The van der Waals surface area contributed by atoms with E-state index in [1.54, 1.807) is 0 Å². The summed E-state index contributed by atoms with van der Waals surface area (Å²) in [5.74, 6) is 2.22. The first-order valence-electron chi connectivity index (χ1n) is 3.96. The predicted molar refractivity (Wildman–Crippen MR) is 39.5 cm³/mol. The van der Waals surface area contributed by atoms with Crippen molar-refractivity contribution in [3.05, 3.63) is 12.2 Å². The van der Waals surface area contributed by atoms with E-state index in [0.717, 1.165) is 6.29 Å². The van der Waals surface area contributed by atoms with Crippen molar-refractivity contribution in [3.8, 4) is 0 Å². The summed E-state index contributed by atoms with van der Waals surface area (Å²) in [4.78, 5) is 10.6. The van der Waals surface area contributed by atoms with E-state index >= 15 is 0 Å². The number of carbonyl (C=O) groups excluding carboxylic acids is 1. The molecule has 0 aromatic heterocycles. The molecule has 1 saturated carbocycles. The maximum atomic E-state index is 10.6. The first-order chi connectivity index (χ1) is 4.83. The van der Waals surface area contributed by atoms with Crippen LogP contribution in [0.3, 0.4) is 0 Å². The molecule has 0 unspecified atom stereocenters. The molecule has 0 N–H and O–H groups in total. The molecule has 1 fully saturated rings. The van der Waals surface area contributed by atoms with Crippen LogP contribution in [0, 0.1) is 23.7 Å². The molecule has 4 atom stereocenters. The van der Waals surface area contributed by atoms with Crippen molar-refractivity contribution in [1.82, 2.24) is 0 Å². The van der Waals surface area contributed by atoms with Gasteiger partial charge in [-0.15, -0.1) is 0 Å². The fraction of sp³-hybridized carbons (Fsp3) is 0.667. The minimum atomic E-state index is 0.329. The molecule has 54 valence electrons. The molecule has 2 bridgehead atoms. The van der Waals surface area contributed by atoms with Crippen molar-refractivity contribution in [2.45, 2.75) is 13.3 Å². The van der Waals surface area contributed by atoms with Crippen molar-refractivity contribution in [1.29, 1.82) is 0 Å². The van der Waals surface area contributed by atoms with E-state index in [1.165, 1.54) is 6.42 Å². The van der Waals surface area contributed by atoms with E-state index in [4.69, 9.17) is 0 Å². The van der Waals surface area contributed by atoms with E-state index in [0.29, 0.717) is 23.7 Å². The standard InChI is InChI=1S/C9H12O/c1-6-7-2-3-8(4-7)9(6)5-10/h2-3,5-9H,4H2,1H3/t6-,7-,8+,9-/m1/s1. The van der Waals surface area contributed by atoms with Crippen LogP contribution in [-0.4, -0.2) is 6.29 Å². The second-order valence-corrected chi connectivity index (χ2v) is 3.52. The van der Waals surface area contributed by atoms with Crippen molar-refractivity contribution in [2.75, 3.05) is 0 Å². The minimum absolute atomic E-state index is 0.329. The zero-order chi connectivity index (χ0) is 7.14. The smallest absolute Gasteiger partial charge is 0.123 e. The van der Waals surface area contributed by atoms with E-state index in [1.807, 2.05) is 0 Å². The van der Waals surface area contributed by atoms with Crippen LogP contribution in [0.15, 0.2) is 12.2 Å². The molecule has 0 heterocycles. The lowest BCUT2D eigenvalue weighted by molar-refractivity contribution is -0.112. The van der Waals surface area contributed by atoms with Crippen molar-refractivity contribution in [3.63, 3.8) is 0 Å². The quantitative estimate of drug-likeness (QED) is 0.395. The van der Waals surface area contributed by atoms with Gasteiger partial charge in [0.15, 0.2) is 0 Å².